The van der Waals surface area contributed by atoms with E-state index in [0.717, 1.165) is 4.88 Å². The van der Waals surface area contributed by atoms with Crippen molar-refractivity contribution in [3.8, 4) is 11.5 Å². The van der Waals surface area contributed by atoms with Gasteiger partial charge in [-0.2, -0.15) is 0 Å². The minimum Gasteiger partial charge on any atom is -0.455 e. The van der Waals surface area contributed by atoms with Gasteiger partial charge in [0.2, 0.25) is 0 Å². The van der Waals surface area contributed by atoms with Crippen LogP contribution in [-0.2, 0) is 0 Å². The van der Waals surface area contributed by atoms with Gasteiger partial charge in [-0.3, -0.25) is 0 Å². The van der Waals surface area contributed by atoms with E-state index in [1.165, 1.54) is 11.3 Å². The fraction of sp³-hybridized carbons (Fsp3) is 0.0435. The monoisotopic (exact) mass is 400 g/mol. The van der Waals surface area contributed by atoms with Crippen LogP contribution in [0.5, 0.6) is 11.5 Å². The number of para-hydroxylation sites is 2. The fourth-order valence-electron chi connectivity index (χ4n) is 3.98. The Morgan fingerprint density at radius 3 is 1.76 bits per heavy atom. The highest BCUT2D eigenvalue weighted by atomic mass is 32.1. The Balaban J connectivity index is 1.81. The van der Waals surface area contributed by atoms with Crippen molar-refractivity contribution >= 4 is 33.3 Å². The van der Waals surface area contributed by atoms with E-state index in [4.69, 9.17) is 13.6 Å². The van der Waals surface area contributed by atoms with E-state index < -0.39 is 17.2 Å². The first-order valence-corrected chi connectivity index (χ1v) is 9.93. The first kappa shape index (κ1) is 16.3. The third-order valence-electron chi connectivity index (χ3n) is 5.21. The predicted molar refractivity (Wildman–Crippen MR) is 110 cm³/mol. The van der Waals surface area contributed by atoms with Gasteiger partial charge in [-0.15, -0.1) is 11.3 Å². The molecule has 0 saturated carbocycles. The van der Waals surface area contributed by atoms with Crippen molar-refractivity contribution in [1.82, 2.24) is 0 Å². The lowest BCUT2D eigenvalue weighted by Crippen LogP contribution is -2.25. The van der Waals surface area contributed by atoms with E-state index in [2.05, 4.69) is 0 Å². The molecular weight excluding hydrogens is 388 g/mol. The fourth-order valence-corrected chi connectivity index (χ4v) is 4.82. The van der Waals surface area contributed by atoms with Crippen molar-refractivity contribution in [3.05, 3.63) is 103 Å². The van der Waals surface area contributed by atoms with Gasteiger partial charge in [-0.25, -0.2) is 9.59 Å². The van der Waals surface area contributed by atoms with Crippen LogP contribution in [0, 0.1) is 0 Å². The Hall–Kier alpha value is -3.64. The van der Waals surface area contributed by atoms with Crippen LogP contribution >= 0.6 is 11.3 Å². The van der Waals surface area contributed by atoms with Gasteiger partial charge in [0.15, 0.2) is 0 Å². The van der Waals surface area contributed by atoms with Crippen LogP contribution in [0.4, 0.5) is 0 Å². The molecule has 0 unspecified atom stereocenters. The highest BCUT2D eigenvalue weighted by Gasteiger charge is 2.38. The average molecular weight is 400 g/mol. The first-order chi connectivity index (χ1) is 14.2. The average Bonchev–Trinajstić information content (AvgIpc) is 3.27. The van der Waals surface area contributed by atoms with Crippen LogP contribution in [0.3, 0.4) is 0 Å². The summed E-state index contributed by atoms with van der Waals surface area (Å²) in [7, 11) is 0. The van der Waals surface area contributed by atoms with Gasteiger partial charge in [0, 0.05) is 4.88 Å². The van der Waals surface area contributed by atoms with E-state index in [1.54, 1.807) is 24.3 Å². The lowest BCUT2D eigenvalue weighted by atomic mass is 9.87. The van der Waals surface area contributed by atoms with Crippen LogP contribution in [0.1, 0.15) is 21.9 Å². The normalized spacial score (nSPS) is 13.2. The molecule has 0 bridgehead atoms. The summed E-state index contributed by atoms with van der Waals surface area (Å²) in [6.07, 6.45) is 0. The summed E-state index contributed by atoms with van der Waals surface area (Å²) in [5.74, 6) is 0.243. The van der Waals surface area contributed by atoms with Crippen molar-refractivity contribution in [2.24, 2.45) is 0 Å². The molecule has 1 aliphatic heterocycles. The topological polar surface area (TPSA) is 69.7 Å². The van der Waals surface area contributed by atoms with Gasteiger partial charge in [0.1, 0.15) is 22.7 Å². The highest BCUT2D eigenvalue weighted by Crippen LogP contribution is 2.50. The molecule has 6 heteroatoms. The van der Waals surface area contributed by atoms with Gasteiger partial charge >= 0.3 is 11.3 Å². The van der Waals surface area contributed by atoms with Crippen LogP contribution < -0.4 is 16.0 Å². The van der Waals surface area contributed by atoms with E-state index in [-0.39, 0.29) is 0 Å². The molecule has 0 N–H and O–H groups in total. The van der Waals surface area contributed by atoms with Crippen LogP contribution in [-0.4, -0.2) is 0 Å². The second-order valence-corrected chi connectivity index (χ2v) is 7.79. The molecule has 6 rings (SSSR count). The predicted octanol–water partition coefficient (Wildman–Crippen LogP) is 5.25. The van der Waals surface area contributed by atoms with Crippen molar-refractivity contribution in [3.63, 3.8) is 0 Å². The van der Waals surface area contributed by atoms with E-state index in [0.29, 0.717) is 44.6 Å². The number of fused-ring (bicyclic) bond motifs is 6. The molecule has 0 atom stereocenters. The summed E-state index contributed by atoms with van der Waals surface area (Å²) in [4.78, 5) is 26.8. The molecule has 0 saturated heterocycles. The Morgan fingerprint density at radius 2 is 1.24 bits per heavy atom. The Labute approximate surface area is 167 Å². The van der Waals surface area contributed by atoms with Crippen LogP contribution in [0.15, 0.2) is 84.5 Å². The molecule has 29 heavy (non-hydrogen) atoms. The summed E-state index contributed by atoms with van der Waals surface area (Å²) in [5, 5.41) is 3.29. The molecule has 0 fully saturated rings. The third-order valence-corrected chi connectivity index (χ3v) is 6.14. The molecule has 5 nitrogen and oxygen atoms in total. The zero-order chi connectivity index (χ0) is 19.5. The number of hydrogen-bond donors (Lipinski definition) is 0. The maximum absolute atomic E-state index is 13.0. The maximum atomic E-state index is 13.0. The molecule has 0 radical (unpaired) electrons. The number of ether oxygens (including phenoxy) is 1. The quantitative estimate of drug-likeness (QED) is 0.353. The lowest BCUT2D eigenvalue weighted by Gasteiger charge is -2.26. The molecular formula is C23H12O5S. The summed E-state index contributed by atoms with van der Waals surface area (Å²) in [5.41, 5.74) is 0.488. The molecule has 140 valence electrons. The largest absolute Gasteiger partial charge is 0.455 e. The molecule has 4 heterocycles. The van der Waals surface area contributed by atoms with Gasteiger partial charge in [0.05, 0.1) is 27.8 Å². The summed E-state index contributed by atoms with van der Waals surface area (Å²) in [6.45, 7) is 0. The lowest BCUT2D eigenvalue weighted by molar-refractivity contribution is 0.429. The van der Waals surface area contributed by atoms with Gasteiger partial charge in [-0.1, -0.05) is 30.3 Å². The Bertz CT molecular complexity index is 1430. The number of rotatable bonds is 1. The second kappa shape index (κ2) is 5.93. The maximum Gasteiger partial charge on any atom is 0.344 e. The van der Waals surface area contributed by atoms with Crippen molar-refractivity contribution in [2.75, 3.05) is 0 Å². The molecule has 0 aliphatic carbocycles. The zero-order valence-electron chi connectivity index (χ0n) is 14.9. The minimum atomic E-state index is -0.615. The summed E-state index contributed by atoms with van der Waals surface area (Å²) < 4.78 is 17.4. The van der Waals surface area contributed by atoms with E-state index in [9.17, 15) is 9.59 Å². The third kappa shape index (κ3) is 2.26. The number of benzene rings is 2. The molecule has 3 aromatic heterocycles. The minimum absolute atomic E-state index is 0.321. The molecule has 0 amide bonds. The first-order valence-electron chi connectivity index (χ1n) is 9.05. The number of hydrogen-bond acceptors (Lipinski definition) is 6. The van der Waals surface area contributed by atoms with Gasteiger partial charge in [-0.05, 0) is 35.7 Å². The molecule has 2 aromatic carbocycles. The molecule has 1 aliphatic rings. The van der Waals surface area contributed by atoms with Crippen molar-refractivity contribution in [1.29, 1.82) is 0 Å². The van der Waals surface area contributed by atoms with Crippen molar-refractivity contribution < 1.29 is 13.6 Å². The summed E-state index contributed by atoms with van der Waals surface area (Å²) >= 11 is 1.47. The Kier molecular flexibility index (Phi) is 3.34. The van der Waals surface area contributed by atoms with Gasteiger partial charge in [0.25, 0.3) is 0 Å². The Morgan fingerprint density at radius 1 is 0.690 bits per heavy atom. The smallest absolute Gasteiger partial charge is 0.344 e. The van der Waals surface area contributed by atoms with Crippen molar-refractivity contribution in [2.45, 2.75) is 5.92 Å². The van der Waals surface area contributed by atoms with E-state index in [1.807, 2.05) is 41.8 Å². The zero-order valence-corrected chi connectivity index (χ0v) is 15.7. The summed E-state index contributed by atoms with van der Waals surface area (Å²) in [6, 6.07) is 18.3. The molecule has 0 spiro atoms. The van der Waals surface area contributed by atoms with Crippen LogP contribution in [0.2, 0.25) is 0 Å². The SMILES string of the molecule is O=c1oc2ccccc2c2c1C(c1cccs1)c1c(c3ccccc3oc1=O)O2. The number of thiophene rings is 1. The van der Waals surface area contributed by atoms with Crippen LogP contribution in [0.25, 0.3) is 21.9 Å². The van der Waals surface area contributed by atoms with E-state index >= 15 is 0 Å². The van der Waals surface area contributed by atoms with Gasteiger partial charge < -0.3 is 13.6 Å². The molecule has 5 aromatic rings. The highest BCUT2D eigenvalue weighted by molar-refractivity contribution is 7.10. The second-order valence-electron chi connectivity index (χ2n) is 6.81. The standard InChI is InChI=1S/C23H12O5S/c24-22-18-17(16-10-5-11-29-16)19-21(13-7-2-4-9-15(13)27-23(19)25)28-20(18)12-6-1-3-8-14(12)26-22/h1-11,17H.